The van der Waals surface area contributed by atoms with Crippen LogP contribution in [0.15, 0.2) is 0 Å². The van der Waals surface area contributed by atoms with Gasteiger partial charge in [-0.1, -0.05) is 382 Å². The first kappa shape index (κ1) is 100. The molecule has 0 fully saturated rings. The van der Waals surface area contributed by atoms with Gasteiger partial charge < -0.3 is 33.8 Å². The summed E-state index contributed by atoms with van der Waals surface area (Å²) in [6.45, 7) is 11.8. The average Bonchev–Trinajstić information content (AvgIpc) is 0.912. The second-order valence-corrected chi connectivity index (χ2v) is 34.0. The molecule has 0 heterocycles. The fourth-order valence-electron chi connectivity index (χ4n) is 12.8. The van der Waals surface area contributed by atoms with Crippen LogP contribution in [0.5, 0.6) is 0 Å². The largest absolute Gasteiger partial charge is 0.472 e. The zero-order valence-corrected chi connectivity index (χ0v) is 68.9. The Kier molecular flexibility index (Phi) is 71.8. The number of phosphoric ester groups is 2. The van der Waals surface area contributed by atoms with Gasteiger partial charge in [-0.25, -0.2) is 9.13 Å². The van der Waals surface area contributed by atoms with Crippen molar-refractivity contribution in [3.63, 3.8) is 0 Å². The first-order valence-corrected chi connectivity index (χ1v) is 45.9. The van der Waals surface area contributed by atoms with Crippen molar-refractivity contribution in [2.45, 2.75) is 452 Å². The summed E-state index contributed by atoms with van der Waals surface area (Å²) in [5.74, 6) is 0.100. The molecule has 0 saturated heterocycles. The Morgan fingerprint density at radius 2 is 0.500 bits per heavy atom. The number of aliphatic hydroxyl groups is 1. The number of carbonyl (C=O) groups excluding carboxylic acids is 4. The second kappa shape index (κ2) is 73.2. The van der Waals surface area contributed by atoms with Crippen LogP contribution in [0.1, 0.15) is 434 Å². The fourth-order valence-corrected chi connectivity index (χ4v) is 14.4. The van der Waals surface area contributed by atoms with Crippen LogP contribution in [0.4, 0.5) is 0 Å². The third kappa shape index (κ3) is 74.9. The summed E-state index contributed by atoms with van der Waals surface area (Å²) in [5.41, 5.74) is 0. The van der Waals surface area contributed by atoms with Crippen LogP contribution in [0.3, 0.4) is 0 Å². The lowest BCUT2D eigenvalue weighted by atomic mass is 9.99. The molecule has 0 bridgehead atoms. The standard InChI is InChI=1S/C83H162O17P2/c1-8-10-11-12-13-14-15-16-17-18-19-20-21-22-26-29-32-35-38-41-50-57-64-80(85)93-70-78(99-82(87)66-59-52-42-39-36-33-30-27-24-23-25-28-31-34-37-40-49-56-63-76(7)9-2)72-97-101(89,90)95-68-77(84)69-96-102(91,92)98-73-79(100-83(88)67-60-53-46-44-48-55-62-75(5)6)71-94-81(86)65-58-51-45-43-47-54-61-74(3)4/h74-79,84H,8-73H2,1-7H3,(H,89,90)(H,91,92)/t76?,77-,78-,79-/m1/s1. The SMILES string of the molecule is CCCCCCCCCCCCCCCCCCCCCCCCC(=O)OC[C@H](COP(=O)(O)OC[C@@H](O)COP(=O)(O)OC[C@@H](COC(=O)CCCCCCCCC(C)C)OC(=O)CCCCCCCCC(C)C)OC(=O)CCCCCCCCCCCCCCCCCCCCC(C)CC. The van der Waals surface area contributed by atoms with Crippen LogP contribution in [0, 0.1) is 17.8 Å². The molecular formula is C83H162O17P2. The van der Waals surface area contributed by atoms with Gasteiger partial charge in [0.15, 0.2) is 12.2 Å². The number of phosphoric acid groups is 2. The van der Waals surface area contributed by atoms with Crippen LogP contribution in [0.25, 0.3) is 0 Å². The van der Waals surface area contributed by atoms with Gasteiger partial charge in [-0.05, 0) is 43.4 Å². The number of esters is 4. The molecule has 0 aromatic carbocycles. The Labute approximate surface area is 626 Å². The molecular weight excluding hydrogens is 1330 g/mol. The first-order chi connectivity index (χ1) is 49.3. The number of rotatable bonds is 81. The summed E-state index contributed by atoms with van der Waals surface area (Å²) in [6.07, 6.45) is 63.2. The predicted octanol–water partition coefficient (Wildman–Crippen LogP) is 24.9. The lowest BCUT2D eigenvalue weighted by Crippen LogP contribution is -2.30. The van der Waals surface area contributed by atoms with Gasteiger partial charge in [-0.2, -0.15) is 0 Å². The number of hydrogen-bond donors (Lipinski definition) is 3. The number of carbonyl (C=O) groups is 4. The van der Waals surface area contributed by atoms with E-state index in [0.717, 1.165) is 102 Å². The van der Waals surface area contributed by atoms with E-state index in [-0.39, 0.29) is 25.7 Å². The Bertz CT molecular complexity index is 1980. The summed E-state index contributed by atoms with van der Waals surface area (Å²) < 4.78 is 68.6. The van der Waals surface area contributed by atoms with E-state index in [1.807, 2.05) is 0 Å². The third-order valence-corrected chi connectivity index (χ3v) is 21.6. The topological polar surface area (TPSA) is 237 Å². The maximum Gasteiger partial charge on any atom is 0.472 e. The lowest BCUT2D eigenvalue weighted by Gasteiger charge is -2.21. The van der Waals surface area contributed by atoms with Crippen LogP contribution < -0.4 is 0 Å². The highest BCUT2D eigenvalue weighted by Crippen LogP contribution is 2.45. The summed E-state index contributed by atoms with van der Waals surface area (Å²) in [4.78, 5) is 72.9. The van der Waals surface area contributed by atoms with Crippen LogP contribution in [0.2, 0.25) is 0 Å². The predicted molar refractivity (Wildman–Crippen MR) is 418 cm³/mol. The summed E-state index contributed by atoms with van der Waals surface area (Å²) in [6, 6.07) is 0. The molecule has 3 N–H and O–H groups in total. The van der Waals surface area contributed by atoms with Crippen molar-refractivity contribution in [2.24, 2.45) is 17.8 Å². The molecule has 19 heteroatoms. The Morgan fingerprint density at radius 1 is 0.284 bits per heavy atom. The van der Waals surface area contributed by atoms with Crippen molar-refractivity contribution >= 4 is 39.5 Å². The molecule has 0 aromatic heterocycles. The quantitative estimate of drug-likeness (QED) is 0.0222. The second-order valence-electron chi connectivity index (χ2n) is 31.1. The molecule has 102 heavy (non-hydrogen) atoms. The number of hydrogen-bond acceptors (Lipinski definition) is 15. The van der Waals surface area contributed by atoms with Crippen molar-refractivity contribution in [3.8, 4) is 0 Å². The first-order valence-electron chi connectivity index (χ1n) is 42.9. The van der Waals surface area contributed by atoms with Gasteiger partial charge in [-0.3, -0.25) is 37.3 Å². The molecule has 0 aliphatic rings. The van der Waals surface area contributed by atoms with Gasteiger partial charge in [0.25, 0.3) is 0 Å². The molecule has 3 unspecified atom stereocenters. The molecule has 0 rings (SSSR count). The van der Waals surface area contributed by atoms with E-state index in [2.05, 4.69) is 48.5 Å². The molecule has 0 radical (unpaired) electrons. The molecule has 606 valence electrons. The summed E-state index contributed by atoms with van der Waals surface area (Å²) in [7, 11) is -9.92. The van der Waals surface area contributed by atoms with E-state index in [4.69, 9.17) is 37.0 Å². The van der Waals surface area contributed by atoms with E-state index in [1.54, 1.807) is 0 Å². The summed E-state index contributed by atoms with van der Waals surface area (Å²) >= 11 is 0. The minimum atomic E-state index is -4.96. The highest BCUT2D eigenvalue weighted by Gasteiger charge is 2.30. The Balaban J connectivity index is 5.14. The minimum absolute atomic E-state index is 0.101. The normalized spacial score (nSPS) is 14.2. The van der Waals surface area contributed by atoms with Gasteiger partial charge in [0.2, 0.25) is 0 Å². The molecule has 6 atom stereocenters. The van der Waals surface area contributed by atoms with E-state index in [9.17, 15) is 43.2 Å². The van der Waals surface area contributed by atoms with Gasteiger partial charge >= 0.3 is 39.5 Å². The molecule has 17 nitrogen and oxygen atoms in total. The monoisotopic (exact) mass is 1490 g/mol. The van der Waals surface area contributed by atoms with Gasteiger partial charge in [0.05, 0.1) is 26.4 Å². The average molecular weight is 1490 g/mol. The number of ether oxygens (including phenoxy) is 4. The zero-order chi connectivity index (χ0) is 75.1. The van der Waals surface area contributed by atoms with Crippen LogP contribution in [-0.4, -0.2) is 96.7 Å². The number of aliphatic hydroxyl groups excluding tert-OH is 1. The molecule has 0 spiro atoms. The molecule has 0 aromatic rings. The van der Waals surface area contributed by atoms with Crippen molar-refractivity contribution in [3.05, 3.63) is 0 Å². The molecule has 0 aliphatic carbocycles. The highest BCUT2D eigenvalue weighted by molar-refractivity contribution is 7.47. The van der Waals surface area contributed by atoms with E-state index >= 15 is 0 Å². The Hall–Kier alpha value is -1.94. The van der Waals surface area contributed by atoms with Gasteiger partial charge in [0, 0.05) is 25.7 Å². The maximum atomic E-state index is 13.1. The van der Waals surface area contributed by atoms with E-state index < -0.39 is 97.5 Å². The summed E-state index contributed by atoms with van der Waals surface area (Å²) in [5, 5.41) is 10.6. The van der Waals surface area contributed by atoms with Crippen LogP contribution in [-0.2, 0) is 65.4 Å². The maximum absolute atomic E-state index is 13.1. The van der Waals surface area contributed by atoms with E-state index in [1.165, 1.54) is 238 Å². The Morgan fingerprint density at radius 3 is 0.745 bits per heavy atom. The smallest absolute Gasteiger partial charge is 0.462 e. The van der Waals surface area contributed by atoms with Crippen molar-refractivity contribution < 1.29 is 80.2 Å². The molecule has 0 amide bonds. The lowest BCUT2D eigenvalue weighted by molar-refractivity contribution is -0.161. The van der Waals surface area contributed by atoms with Crippen LogP contribution >= 0.6 is 15.6 Å². The minimum Gasteiger partial charge on any atom is -0.462 e. The highest BCUT2D eigenvalue weighted by atomic mass is 31.2. The van der Waals surface area contributed by atoms with Crippen molar-refractivity contribution in [1.82, 2.24) is 0 Å². The van der Waals surface area contributed by atoms with Gasteiger partial charge in [0.1, 0.15) is 19.3 Å². The van der Waals surface area contributed by atoms with E-state index in [0.29, 0.717) is 37.5 Å². The zero-order valence-electron chi connectivity index (χ0n) is 67.1. The number of unbranched alkanes of at least 4 members (excludes halogenated alkanes) is 48. The molecule has 0 saturated carbocycles. The fraction of sp³-hybridized carbons (Fsp3) is 0.952. The van der Waals surface area contributed by atoms with Crippen molar-refractivity contribution in [2.75, 3.05) is 39.6 Å². The molecule has 0 aliphatic heterocycles. The third-order valence-electron chi connectivity index (χ3n) is 19.7. The van der Waals surface area contributed by atoms with Gasteiger partial charge in [-0.15, -0.1) is 0 Å². The van der Waals surface area contributed by atoms with Crippen molar-refractivity contribution in [1.29, 1.82) is 0 Å².